The van der Waals surface area contributed by atoms with Crippen molar-refractivity contribution in [2.45, 2.75) is 6.04 Å². The number of thiol groups is 1. The van der Waals surface area contributed by atoms with Gasteiger partial charge in [0.25, 0.3) is 0 Å². The van der Waals surface area contributed by atoms with Gasteiger partial charge in [0.05, 0.1) is 0 Å². The molecular formula is C8H10ClNS. The number of hydrogen-bond donors (Lipinski definition) is 2. The van der Waals surface area contributed by atoms with Crippen LogP contribution < -0.4 is 5.73 Å². The van der Waals surface area contributed by atoms with E-state index < -0.39 is 0 Å². The van der Waals surface area contributed by atoms with Crippen LogP contribution in [0.1, 0.15) is 11.6 Å². The second-order valence-corrected chi connectivity index (χ2v) is 3.14. The smallest absolute Gasteiger partial charge is 0.0406 e. The van der Waals surface area contributed by atoms with Gasteiger partial charge in [-0.3, -0.25) is 0 Å². The Balaban J connectivity index is 2.81. The van der Waals surface area contributed by atoms with Crippen LogP contribution in [0.25, 0.3) is 0 Å². The van der Waals surface area contributed by atoms with Crippen molar-refractivity contribution < 1.29 is 0 Å². The van der Waals surface area contributed by atoms with E-state index in [0.717, 1.165) is 10.6 Å². The summed E-state index contributed by atoms with van der Waals surface area (Å²) in [5.74, 6) is 0.654. The number of halogens is 1. The lowest BCUT2D eigenvalue weighted by atomic mass is 10.1. The maximum absolute atomic E-state index is 5.72. The third-order valence-corrected chi connectivity index (χ3v) is 2.14. The van der Waals surface area contributed by atoms with Gasteiger partial charge in [-0.15, -0.1) is 0 Å². The number of benzene rings is 1. The molecule has 0 heterocycles. The van der Waals surface area contributed by atoms with Crippen molar-refractivity contribution in [1.29, 1.82) is 0 Å². The van der Waals surface area contributed by atoms with Crippen molar-refractivity contribution in [3.63, 3.8) is 0 Å². The van der Waals surface area contributed by atoms with Gasteiger partial charge in [0.1, 0.15) is 0 Å². The van der Waals surface area contributed by atoms with E-state index in [2.05, 4.69) is 12.6 Å². The van der Waals surface area contributed by atoms with Gasteiger partial charge in [0.2, 0.25) is 0 Å². The average Bonchev–Trinajstić information content (AvgIpc) is 2.05. The summed E-state index contributed by atoms with van der Waals surface area (Å²) in [6.07, 6.45) is 0. The molecule has 3 heteroatoms. The van der Waals surface area contributed by atoms with E-state index in [0.29, 0.717) is 5.75 Å². The standard InChI is InChI=1S/C8H10ClNS/c9-7-3-1-6(2-4-7)8(10)5-11/h1-4,8,11H,5,10H2. The molecule has 1 atom stereocenters. The molecule has 2 N–H and O–H groups in total. The van der Waals surface area contributed by atoms with Gasteiger partial charge in [-0.2, -0.15) is 12.6 Å². The van der Waals surface area contributed by atoms with E-state index in [4.69, 9.17) is 17.3 Å². The quantitative estimate of drug-likeness (QED) is 0.683. The molecule has 60 valence electrons. The van der Waals surface area contributed by atoms with Crippen LogP contribution in [0.4, 0.5) is 0 Å². The summed E-state index contributed by atoms with van der Waals surface area (Å²) in [6, 6.07) is 7.52. The van der Waals surface area contributed by atoms with Gasteiger partial charge in [-0.1, -0.05) is 23.7 Å². The summed E-state index contributed by atoms with van der Waals surface area (Å²) in [5.41, 5.74) is 6.80. The first-order valence-electron chi connectivity index (χ1n) is 3.36. The largest absolute Gasteiger partial charge is 0.323 e. The zero-order chi connectivity index (χ0) is 8.27. The van der Waals surface area contributed by atoms with E-state index in [1.54, 1.807) is 0 Å². The van der Waals surface area contributed by atoms with Crippen LogP contribution in [0.5, 0.6) is 0 Å². The molecule has 0 aliphatic carbocycles. The first-order chi connectivity index (χ1) is 5.24. The van der Waals surface area contributed by atoms with Gasteiger partial charge in [0.15, 0.2) is 0 Å². The summed E-state index contributed by atoms with van der Waals surface area (Å²) in [7, 11) is 0. The molecule has 0 aromatic heterocycles. The van der Waals surface area contributed by atoms with E-state index >= 15 is 0 Å². The lowest BCUT2D eigenvalue weighted by Gasteiger charge is -2.07. The van der Waals surface area contributed by atoms with Crippen molar-refractivity contribution >= 4 is 24.2 Å². The van der Waals surface area contributed by atoms with Crippen LogP contribution in [0, 0.1) is 0 Å². The Morgan fingerprint density at radius 1 is 1.36 bits per heavy atom. The minimum absolute atomic E-state index is 0.00981. The van der Waals surface area contributed by atoms with Crippen LogP contribution in [-0.4, -0.2) is 5.75 Å². The SMILES string of the molecule is NC(CS)c1ccc(Cl)cc1. The van der Waals surface area contributed by atoms with E-state index in [1.807, 2.05) is 24.3 Å². The summed E-state index contributed by atoms with van der Waals surface area (Å²) >= 11 is 9.79. The summed E-state index contributed by atoms with van der Waals surface area (Å²) in [4.78, 5) is 0. The molecule has 0 saturated carbocycles. The maximum atomic E-state index is 5.72. The van der Waals surface area contributed by atoms with Crippen molar-refractivity contribution in [3.8, 4) is 0 Å². The van der Waals surface area contributed by atoms with Gasteiger partial charge >= 0.3 is 0 Å². The fourth-order valence-electron chi connectivity index (χ4n) is 0.815. The van der Waals surface area contributed by atoms with Crippen LogP contribution in [0.2, 0.25) is 5.02 Å². The minimum atomic E-state index is 0.00981. The van der Waals surface area contributed by atoms with Gasteiger partial charge in [-0.05, 0) is 17.7 Å². The molecule has 0 spiro atoms. The topological polar surface area (TPSA) is 26.0 Å². The predicted octanol–water partition coefficient (Wildman–Crippen LogP) is 2.27. The van der Waals surface area contributed by atoms with E-state index in [1.165, 1.54) is 0 Å². The lowest BCUT2D eigenvalue weighted by molar-refractivity contribution is 0.834. The van der Waals surface area contributed by atoms with Gasteiger partial charge in [-0.25, -0.2) is 0 Å². The molecule has 0 amide bonds. The molecule has 11 heavy (non-hydrogen) atoms. The highest BCUT2D eigenvalue weighted by atomic mass is 35.5. The Morgan fingerprint density at radius 3 is 2.36 bits per heavy atom. The first-order valence-corrected chi connectivity index (χ1v) is 4.37. The monoisotopic (exact) mass is 187 g/mol. The summed E-state index contributed by atoms with van der Waals surface area (Å²) < 4.78 is 0. The Labute approximate surface area is 77.0 Å². The second-order valence-electron chi connectivity index (χ2n) is 2.34. The van der Waals surface area contributed by atoms with Crippen molar-refractivity contribution in [2.75, 3.05) is 5.75 Å². The third-order valence-electron chi connectivity index (χ3n) is 1.49. The van der Waals surface area contributed by atoms with E-state index in [9.17, 15) is 0 Å². The Hall–Kier alpha value is -0.180. The Bertz CT molecular complexity index is 222. The lowest BCUT2D eigenvalue weighted by Crippen LogP contribution is -2.11. The fourth-order valence-corrected chi connectivity index (χ4v) is 1.15. The molecular weight excluding hydrogens is 178 g/mol. The maximum Gasteiger partial charge on any atom is 0.0406 e. The molecule has 1 aromatic rings. The minimum Gasteiger partial charge on any atom is -0.323 e. The summed E-state index contributed by atoms with van der Waals surface area (Å²) in [5, 5.41) is 0.736. The zero-order valence-electron chi connectivity index (χ0n) is 6.00. The molecule has 0 aliphatic heterocycles. The molecule has 0 fully saturated rings. The molecule has 1 rings (SSSR count). The molecule has 0 saturated heterocycles. The van der Waals surface area contributed by atoms with Gasteiger partial charge < -0.3 is 5.73 Å². The Morgan fingerprint density at radius 2 is 1.91 bits per heavy atom. The molecule has 0 radical (unpaired) electrons. The van der Waals surface area contributed by atoms with Crippen molar-refractivity contribution in [1.82, 2.24) is 0 Å². The first kappa shape index (κ1) is 8.91. The normalized spacial score (nSPS) is 13.0. The molecule has 1 unspecified atom stereocenters. The number of hydrogen-bond acceptors (Lipinski definition) is 2. The number of rotatable bonds is 2. The highest BCUT2D eigenvalue weighted by Gasteiger charge is 2.01. The average molecular weight is 188 g/mol. The highest BCUT2D eigenvalue weighted by Crippen LogP contribution is 2.15. The van der Waals surface area contributed by atoms with Crippen LogP contribution in [-0.2, 0) is 0 Å². The molecule has 0 aliphatic rings. The van der Waals surface area contributed by atoms with E-state index in [-0.39, 0.29) is 6.04 Å². The molecule has 1 nitrogen and oxygen atoms in total. The molecule has 0 bridgehead atoms. The predicted molar refractivity (Wildman–Crippen MR) is 52.2 cm³/mol. The molecule has 1 aromatic carbocycles. The van der Waals surface area contributed by atoms with Crippen LogP contribution in [0.3, 0.4) is 0 Å². The second kappa shape index (κ2) is 4.00. The Kier molecular flexibility index (Phi) is 3.24. The summed E-state index contributed by atoms with van der Waals surface area (Å²) in [6.45, 7) is 0. The zero-order valence-corrected chi connectivity index (χ0v) is 7.65. The van der Waals surface area contributed by atoms with Crippen LogP contribution in [0.15, 0.2) is 24.3 Å². The fraction of sp³-hybridized carbons (Fsp3) is 0.250. The highest BCUT2D eigenvalue weighted by molar-refractivity contribution is 7.80. The van der Waals surface area contributed by atoms with Gasteiger partial charge in [0, 0.05) is 16.8 Å². The van der Waals surface area contributed by atoms with Crippen molar-refractivity contribution in [2.24, 2.45) is 5.73 Å². The van der Waals surface area contributed by atoms with Crippen LogP contribution >= 0.6 is 24.2 Å². The number of nitrogens with two attached hydrogens (primary N) is 1. The third kappa shape index (κ3) is 2.40. The van der Waals surface area contributed by atoms with Crippen molar-refractivity contribution in [3.05, 3.63) is 34.9 Å².